The molecule has 6 nitrogen and oxygen atoms in total. The molecule has 1 fully saturated rings. The van der Waals surface area contributed by atoms with Crippen molar-refractivity contribution >= 4 is 64.1 Å². The Kier molecular flexibility index (Phi) is 4.91. The van der Waals surface area contributed by atoms with E-state index in [2.05, 4.69) is 15.5 Å². The van der Waals surface area contributed by atoms with Crippen LogP contribution >= 0.6 is 46.6 Å². The number of thioether (sulfide) groups is 1. The van der Waals surface area contributed by atoms with E-state index in [9.17, 15) is 4.79 Å². The Bertz CT molecular complexity index is 739. The fourth-order valence-corrected chi connectivity index (χ4v) is 3.75. The number of nitrogens with zero attached hydrogens (tertiary/aromatic N) is 3. The van der Waals surface area contributed by atoms with Crippen LogP contribution < -0.4 is 11.1 Å². The van der Waals surface area contributed by atoms with Crippen LogP contribution in [0.5, 0.6) is 0 Å². The molecule has 1 saturated carbocycles. The second-order valence-electron chi connectivity index (χ2n) is 5.02. The van der Waals surface area contributed by atoms with Gasteiger partial charge in [0, 0.05) is 11.1 Å². The zero-order valence-corrected chi connectivity index (χ0v) is 14.8. The Hall–Kier alpha value is -1.15. The van der Waals surface area contributed by atoms with E-state index in [1.807, 2.05) is 4.57 Å². The lowest BCUT2D eigenvalue weighted by Crippen LogP contribution is -2.15. The third kappa shape index (κ3) is 3.85. The van der Waals surface area contributed by atoms with Crippen LogP contribution in [0.25, 0.3) is 0 Å². The number of halogens is 3. The Morgan fingerprint density at radius 2 is 1.96 bits per heavy atom. The molecule has 0 unspecified atom stereocenters. The predicted molar refractivity (Wildman–Crippen MR) is 93.5 cm³/mol. The van der Waals surface area contributed by atoms with Gasteiger partial charge >= 0.3 is 0 Å². The molecule has 122 valence electrons. The normalized spacial score (nSPS) is 14.0. The second-order valence-corrected chi connectivity index (χ2v) is 7.22. The van der Waals surface area contributed by atoms with Crippen LogP contribution in [0.15, 0.2) is 17.3 Å². The highest BCUT2D eigenvalue weighted by Gasteiger charge is 2.29. The standard InChI is InChI=1S/C13H12Cl3N5OS/c14-6-3-8(15)11(9(16)4-6)18-10(22)5-23-13-20-19-12(17)21(13)7-1-2-7/h3-4,7H,1-2,5H2,(H2,17,19)(H,18,22). The van der Waals surface area contributed by atoms with Crippen molar-refractivity contribution in [2.45, 2.75) is 24.0 Å². The molecule has 1 aliphatic carbocycles. The van der Waals surface area contributed by atoms with Gasteiger partial charge in [-0.25, -0.2) is 0 Å². The Labute approximate surface area is 151 Å². The average Bonchev–Trinajstić information content (AvgIpc) is 3.24. The Morgan fingerprint density at radius 3 is 2.57 bits per heavy atom. The quantitative estimate of drug-likeness (QED) is 0.754. The van der Waals surface area contributed by atoms with Crippen molar-refractivity contribution in [3.05, 3.63) is 27.2 Å². The van der Waals surface area contributed by atoms with Gasteiger partial charge in [-0.3, -0.25) is 9.36 Å². The van der Waals surface area contributed by atoms with Gasteiger partial charge in [0.2, 0.25) is 11.9 Å². The molecule has 0 radical (unpaired) electrons. The third-order valence-corrected chi connectivity index (χ3v) is 4.96. The maximum atomic E-state index is 12.1. The van der Waals surface area contributed by atoms with Crippen molar-refractivity contribution in [2.75, 3.05) is 16.8 Å². The van der Waals surface area contributed by atoms with Gasteiger partial charge in [-0.2, -0.15) is 0 Å². The van der Waals surface area contributed by atoms with Gasteiger partial charge in [0.05, 0.1) is 21.5 Å². The van der Waals surface area contributed by atoms with E-state index in [4.69, 9.17) is 40.5 Å². The van der Waals surface area contributed by atoms with Crippen molar-refractivity contribution < 1.29 is 4.79 Å². The van der Waals surface area contributed by atoms with Gasteiger partial charge in [-0.1, -0.05) is 46.6 Å². The highest BCUT2D eigenvalue weighted by Crippen LogP contribution is 2.39. The number of rotatable bonds is 5. The van der Waals surface area contributed by atoms with Gasteiger partial charge in [-0.05, 0) is 25.0 Å². The topological polar surface area (TPSA) is 85.8 Å². The summed E-state index contributed by atoms with van der Waals surface area (Å²) in [6.45, 7) is 0. The highest BCUT2D eigenvalue weighted by atomic mass is 35.5. The maximum Gasteiger partial charge on any atom is 0.234 e. The smallest absolute Gasteiger partial charge is 0.234 e. The molecule has 1 heterocycles. The van der Waals surface area contributed by atoms with Crippen LogP contribution in [0.4, 0.5) is 11.6 Å². The summed E-state index contributed by atoms with van der Waals surface area (Å²) in [5.74, 6) is 0.254. The molecule has 0 spiro atoms. The number of benzene rings is 1. The van der Waals surface area contributed by atoms with Gasteiger partial charge in [0.1, 0.15) is 0 Å². The van der Waals surface area contributed by atoms with E-state index >= 15 is 0 Å². The highest BCUT2D eigenvalue weighted by molar-refractivity contribution is 7.99. The van der Waals surface area contributed by atoms with Crippen molar-refractivity contribution in [3.63, 3.8) is 0 Å². The van der Waals surface area contributed by atoms with E-state index in [1.54, 1.807) is 0 Å². The van der Waals surface area contributed by atoms with Crippen molar-refractivity contribution in [1.29, 1.82) is 0 Å². The van der Waals surface area contributed by atoms with Crippen LogP contribution in [-0.2, 0) is 4.79 Å². The molecule has 0 bridgehead atoms. The minimum absolute atomic E-state index is 0.139. The molecule has 1 aromatic carbocycles. The van der Waals surface area contributed by atoms with E-state index in [1.165, 1.54) is 23.9 Å². The average molecular weight is 393 g/mol. The summed E-state index contributed by atoms with van der Waals surface area (Å²) in [6, 6.07) is 3.38. The van der Waals surface area contributed by atoms with Crippen molar-refractivity contribution in [1.82, 2.24) is 14.8 Å². The lowest BCUT2D eigenvalue weighted by atomic mass is 10.3. The predicted octanol–water partition coefficient (Wildman–Crippen LogP) is 3.89. The summed E-state index contributed by atoms with van der Waals surface area (Å²) in [5.41, 5.74) is 6.13. The molecular formula is C13H12Cl3N5OS. The molecule has 3 rings (SSSR count). The van der Waals surface area contributed by atoms with Gasteiger partial charge in [-0.15, -0.1) is 10.2 Å². The summed E-state index contributed by atoms with van der Waals surface area (Å²) in [5, 5.41) is 12.1. The van der Waals surface area contributed by atoms with E-state index in [0.717, 1.165) is 12.8 Å². The number of nitrogen functional groups attached to an aromatic ring is 1. The minimum Gasteiger partial charge on any atom is -0.368 e. The Morgan fingerprint density at radius 1 is 1.30 bits per heavy atom. The van der Waals surface area contributed by atoms with Gasteiger partial charge in [0.15, 0.2) is 5.16 Å². The molecule has 2 aromatic rings. The van der Waals surface area contributed by atoms with Crippen LogP contribution in [0, 0.1) is 0 Å². The van der Waals surface area contributed by atoms with E-state index in [-0.39, 0.29) is 21.7 Å². The van der Waals surface area contributed by atoms with Crippen LogP contribution in [0.1, 0.15) is 18.9 Å². The van der Waals surface area contributed by atoms with Crippen LogP contribution in [0.2, 0.25) is 15.1 Å². The molecule has 0 saturated heterocycles. The number of aromatic nitrogens is 3. The SMILES string of the molecule is Nc1nnc(SCC(=O)Nc2c(Cl)cc(Cl)cc2Cl)n1C1CC1. The van der Waals surface area contributed by atoms with Crippen LogP contribution in [0.3, 0.4) is 0 Å². The van der Waals surface area contributed by atoms with Crippen molar-refractivity contribution in [3.8, 4) is 0 Å². The summed E-state index contributed by atoms with van der Waals surface area (Å²) in [7, 11) is 0. The van der Waals surface area contributed by atoms with E-state index in [0.29, 0.717) is 27.9 Å². The number of hydrogen-bond acceptors (Lipinski definition) is 5. The number of carbonyl (C=O) groups is 1. The fraction of sp³-hybridized carbons (Fsp3) is 0.308. The summed E-state index contributed by atoms with van der Waals surface area (Å²) in [6.07, 6.45) is 2.11. The molecule has 3 N–H and O–H groups in total. The lowest BCUT2D eigenvalue weighted by Gasteiger charge is -2.10. The number of nitrogens with one attached hydrogen (secondary N) is 1. The maximum absolute atomic E-state index is 12.1. The fourth-order valence-electron chi connectivity index (χ4n) is 2.03. The zero-order chi connectivity index (χ0) is 16.6. The first-order valence-corrected chi connectivity index (χ1v) is 8.85. The number of nitrogens with two attached hydrogens (primary N) is 1. The first-order chi connectivity index (χ1) is 11.0. The number of hydrogen-bond donors (Lipinski definition) is 2. The molecule has 0 aliphatic heterocycles. The molecule has 1 aromatic heterocycles. The molecule has 1 amide bonds. The second kappa shape index (κ2) is 6.76. The summed E-state index contributed by atoms with van der Waals surface area (Å²) in [4.78, 5) is 12.1. The Balaban J connectivity index is 1.65. The number of amides is 1. The summed E-state index contributed by atoms with van der Waals surface area (Å²) >= 11 is 19.2. The largest absolute Gasteiger partial charge is 0.368 e. The first kappa shape index (κ1) is 16.7. The van der Waals surface area contributed by atoms with Crippen molar-refractivity contribution in [2.24, 2.45) is 0 Å². The van der Waals surface area contributed by atoms with Gasteiger partial charge in [0.25, 0.3) is 0 Å². The monoisotopic (exact) mass is 391 g/mol. The first-order valence-electron chi connectivity index (χ1n) is 6.73. The molecule has 0 atom stereocenters. The molecule has 23 heavy (non-hydrogen) atoms. The number of carbonyl (C=O) groups excluding carboxylic acids is 1. The molecule has 1 aliphatic rings. The lowest BCUT2D eigenvalue weighted by molar-refractivity contribution is -0.113. The zero-order valence-electron chi connectivity index (χ0n) is 11.7. The van der Waals surface area contributed by atoms with Gasteiger partial charge < -0.3 is 11.1 Å². The minimum atomic E-state index is -0.259. The van der Waals surface area contributed by atoms with Crippen LogP contribution in [-0.4, -0.2) is 26.4 Å². The summed E-state index contributed by atoms with van der Waals surface area (Å²) < 4.78 is 1.86. The molecule has 10 heteroatoms. The number of anilines is 2. The third-order valence-electron chi connectivity index (χ3n) is 3.21. The molecular weight excluding hydrogens is 381 g/mol. The van der Waals surface area contributed by atoms with E-state index < -0.39 is 0 Å².